The molecule has 38 heavy (non-hydrogen) atoms. The minimum Gasteiger partial charge on any atom is -0.462 e. The van der Waals surface area contributed by atoms with Crippen LogP contribution in [-0.4, -0.2) is 26.9 Å². The maximum Gasteiger partial charge on any atom is 0.341 e. The van der Waals surface area contributed by atoms with E-state index < -0.39 is 27.7 Å². The summed E-state index contributed by atoms with van der Waals surface area (Å²) < 4.78 is 47.2. The van der Waals surface area contributed by atoms with E-state index in [0.29, 0.717) is 16.1 Å². The molecular formula is C27H22ClFN2O5S2. The first kappa shape index (κ1) is 27.3. The standard InChI is InChI=1S/C27H22ClFN2O5S2/c1-3-36-27(33)24-21(17-8-10-18(28)11-9-17)15-37-26(24)30-25(32)20-6-4-5-7-22(20)31-38(34,35)23-13-12-19(29)14-16(23)2/h4-15,31H,3H2,1-2H3,(H,30,32). The zero-order chi connectivity index (χ0) is 27.4. The van der Waals surface area contributed by atoms with Gasteiger partial charge in [-0.15, -0.1) is 11.3 Å². The van der Waals surface area contributed by atoms with E-state index in [0.717, 1.165) is 29.5 Å². The highest BCUT2D eigenvalue weighted by molar-refractivity contribution is 7.92. The number of benzene rings is 3. The van der Waals surface area contributed by atoms with Crippen LogP contribution in [0.4, 0.5) is 15.1 Å². The van der Waals surface area contributed by atoms with Gasteiger partial charge in [0.15, 0.2) is 0 Å². The van der Waals surface area contributed by atoms with Gasteiger partial charge in [-0.05, 0) is 67.4 Å². The number of rotatable bonds is 8. The molecule has 196 valence electrons. The molecule has 0 aliphatic heterocycles. The molecule has 0 aliphatic carbocycles. The van der Waals surface area contributed by atoms with Crippen LogP contribution in [0.15, 0.2) is 77.0 Å². The summed E-state index contributed by atoms with van der Waals surface area (Å²) in [5.41, 5.74) is 1.69. The van der Waals surface area contributed by atoms with Gasteiger partial charge in [-0.25, -0.2) is 17.6 Å². The van der Waals surface area contributed by atoms with Gasteiger partial charge in [0.1, 0.15) is 16.4 Å². The highest BCUT2D eigenvalue weighted by atomic mass is 35.5. The predicted molar refractivity (Wildman–Crippen MR) is 147 cm³/mol. The second-order valence-electron chi connectivity index (χ2n) is 8.10. The second kappa shape index (κ2) is 11.3. The summed E-state index contributed by atoms with van der Waals surface area (Å²) >= 11 is 7.13. The Morgan fingerprint density at radius 2 is 1.76 bits per heavy atom. The molecule has 1 amide bonds. The average Bonchev–Trinajstić information content (AvgIpc) is 3.28. The summed E-state index contributed by atoms with van der Waals surface area (Å²) in [6, 6.07) is 16.2. The van der Waals surface area contributed by atoms with Crippen LogP contribution in [0.2, 0.25) is 5.02 Å². The highest BCUT2D eigenvalue weighted by Crippen LogP contribution is 2.37. The zero-order valence-electron chi connectivity index (χ0n) is 20.2. The summed E-state index contributed by atoms with van der Waals surface area (Å²) in [4.78, 5) is 26.1. The maximum absolute atomic E-state index is 13.5. The van der Waals surface area contributed by atoms with E-state index in [2.05, 4.69) is 10.0 Å². The summed E-state index contributed by atoms with van der Waals surface area (Å²) in [5.74, 6) is -1.82. The van der Waals surface area contributed by atoms with Gasteiger partial charge in [0.2, 0.25) is 0 Å². The smallest absolute Gasteiger partial charge is 0.341 e. The molecule has 0 saturated carbocycles. The van der Waals surface area contributed by atoms with Crippen LogP contribution in [0.1, 0.15) is 33.2 Å². The number of amides is 1. The van der Waals surface area contributed by atoms with E-state index in [1.807, 2.05) is 0 Å². The van der Waals surface area contributed by atoms with E-state index in [4.69, 9.17) is 16.3 Å². The van der Waals surface area contributed by atoms with Crippen molar-refractivity contribution in [1.82, 2.24) is 0 Å². The molecule has 0 fully saturated rings. The van der Waals surface area contributed by atoms with Crippen molar-refractivity contribution in [2.75, 3.05) is 16.6 Å². The Hall–Kier alpha value is -3.73. The molecule has 0 unspecified atom stereocenters. The summed E-state index contributed by atoms with van der Waals surface area (Å²) in [6.45, 7) is 3.29. The number of esters is 1. The first-order valence-corrected chi connectivity index (χ1v) is 14.1. The fourth-order valence-electron chi connectivity index (χ4n) is 3.75. The molecule has 0 saturated heterocycles. The first-order valence-electron chi connectivity index (χ1n) is 11.3. The number of hydrogen-bond donors (Lipinski definition) is 2. The number of carbonyl (C=O) groups is 2. The van der Waals surface area contributed by atoms with Crippen molar-refractivity contribution >= 4 is 55.5 Å². The van der Waals surface area contributed by atoms with Crippen molar-refractivity contribution in [3.05, 3.63) is 99.6 Å². The van der Waals surface area contributed by atoms with Gasteiger partial charge in [-0.1, -0.05) is 35.9 Å². The third-order valence-corrected chi connectivity index (χ3v) is 8.17. The van der Waals surface area contributed by atoms with Crippen molar-refractivity contribution in [3.8, 4) is 11.1 Å². The van der Waals surface area contributed by atoms with Gasteiger partial charge < -0.3 is 10.1 Å². The normalized spacial score (nSPS) is 11.2. The summed E-state index contributed by atoms with van der Waals surface area (Å²) in [5, 5.41) is 5.21. The Balaban J connectivity index is 1.67. The number of thiophene rings is 1. The predicted octanol–water partition coefficient (Wildman–Crippen LogP) is 6.75. The van der Waals surface area contributed by atoms with Gasteiger partial charge in [0.25, 0.3) is 15.9 Å². The quantitative estimate of drug-likeness (QED) is 0.228. The molecule has 0 bridgehead atoms. The minimum absolute atomic E-state index is 0.0147. The lowest BCUT2D eigenvalue weighted by atomic mass is 10.0. The molecule has 0 radical (unpaired) electrons. The van der Waals surface area contributed by atoms with Crippen LogP contribution < -0.4 is 10.0 Å². The van der Waals surface area contributed by atoms with Gasteiger partial charge in [-0.3, -0.25) is 9.52 Å². The van der Waals surface area contributed by atoms with Crippen LogP contribution >= 0.6 is 22.9 Å². The van der Waals surface area contributed by atoms with Crippen LogP contribution in [0.25, 0.3) is 11.1 Å². The number of carbonyl (C=O) groups excluding carboxylic acids is 2. The van der Waals surface area contributed by atoms with Crippen molar-refractivity contribution < 1.29 is 27.1 Å². The van der Waals surface area contributed by atoms with Gasteiger partial charge in [0, 0.05) is 16.0 Å². The van der Waals surface area contributed by atoms with Gasteiger partial charge in [-0.2, -0.15) is 0 Å². The molecular weight excluding hydrogens is 551 g/mol. The number of aryl methyl sites for hydroxylation is 1. The minimum atomic E-state index is -4.13. The lowest BCUT2D eigenvalue weighted by molar-refractivity contribution is 0.0529. The Labute approximate surface area is 228 Å². The van der Waals surface area contributed by atoms with Crippen LogP contribution in [0.3, 0.4) is 0 Å². The Morgan fingerprint density at radius 1 is 1.05 bits per heavy atom. The first-order chi connectivity index (χ1) is 18.1. The molecule has 0 aliphatic rings. The van der Waals surface area contributed by atoms with E-state index in [-0.39, 0.29) is 38.9 Å². The fraction of sp³-hybridized carbons (Fsp3) is 0.111. The largest absolute Gasteiger partial charge is 0.462 e. The SMILES string of the molecule is CCOC(=O)c1c(-c2ccc(Cl)cc2)csc1NC(=O)c1ccccc1NS(=O)(=O)c1ccc(F)cc1C. The lowest BCUT2D eigenvalue weighted by Crippen LogP contribution is -2.20. The fourth-order valence-corrected chi connectivity index (χ4v) is 6.14. The van der Waals surface area contributed by atoms with Crippen LogP contribution in [-0.2, 0) is 14.8 Å². The van der Waals surface area contributed by atoms with Crippen LogP contribution in [0, 0.1) is 12.7 Å². The van der Waals surface area contributed by atoms with Gasteiger partial charge in [0.05, 0.1) is 22.8 Å². The maximum atomic E-state index is 13.5. The molecule has 11 heteroatoms. The molecule has 1 heterocycles. The number of nitrogens with one attached hydrogen (secondary N) is 2. The van der Waals surface area contributed by atoms with Crippen molar-refractivity contribution in [1.29, 1.82) is 0 Å². The zero-order valence-corrected chi connectivity index (χ0v) is 22.6. The van der Waals surface area contributed by atoms with Crippen molar-refractivity contribution in [3.63, 3.8) is 0 Å². The van der Waals surface area contributed by atoms with E-state index in [1.54, 1.807) is 48.7 Å². The monoisotopic (exact) mass is 572 g/mol. The molecule has 0 atom stereocenters. The third-order valence-electron chi connectivity index (χ3n) is 5.50. The number of sulfonamides is 1. The van der Waals surface area contributed by atoms with Gasteiger partial charge >= 0.3 is 5.97 Å². The third kappa shape index (κ3) is 5.88. The number of ether oxygens (including phenoxy) is 1. The molecule has 4 rings (SSSR count). The molecule has 3 aromatic carbocycles. The van der Waals surface area contributed by atoms with E-state index in [9.17, 15) is 22.4 Å². The number of halogens is 2. The molecule has 2 N–H and O–H groups in total. The number of anilines is 2. The second-order valence-corrected chi connectivity index (χ2v) is 11.1. The summed E-state index contributed by atoms with van der Waals surface area (Å²) in [6.07, 6.45) is 0. The molecule has 4 aromatic rings. The molecule has 0 spiro atoms. The highest BCUT2D eigenvalue weighted by Gasteiger charge is 2.25. The van der Waals surface area contributed by atoms with Crippen LogP contribution in [0.5, 0.6) is 0 Å². The Morgan fingerprint density at radius 3 is 2.45 bits per heavy atom. The van der Waals surface area contributed by atoms with E-state index in [1.165, 1.54) is 19.1 Å². The molecule has 7 nitrogen and oxygen atoms in total. The lowest BCUT2D eigenvalue weighted by Gasteiger charge is -2.14. The topological polar surface area (TPSA) is 102 Å². The van der Waals surface area contributed by atoms with Crippen molar-refractivity contribution in [2.24, 2.45) is 0 Å². The van der Waals surface area contributed by atoms with E-state index >= 15 is 0 Å². The number of para-hydroxylation sites is 1. The Kier molecular flexibility index (Phi) is 8.15. The van der Waals surface area contributed by atoms with Crippen molar-refractivity contribution in [2.45, 2.75) is 18.7 Å². The summed E-state index contributed by atoms with van der Waals surface area (Å²) in [7, 11) is -4.13. The average molecular weight is 573 g/mol. The number of hydrogen-bond acceptors (Lipinski definition) is 6. The molecule has 1 aromatic heterocycles. The Bertz CT molecular complexity index is 1620.